The Bertz CT molecular complexity index is 567. The molecule has 0 saturated carbocycles. The zero-order valence-corrected chi connectivity index (χ0v) is 12.3. The van der Waals surface area contributed by atoms with Gasteiger partial charge in [0.05, 0.1) is 12.1 Å². The van der Waals surface area contributed by atoms with Crippen LogP contribution in [-0.2, 0) is 0 Å². The first-order valence-corrected chi connectivity index (χ1v) is 7.40. The molecule has 2 aliphatic rings. The molecule has 0 radical (unpaired) electrons. The molecular formula is C15H20N4O3. The van der Waals surface area contributed by atoms with E-state index in [4.69, 9.17) is 10.5 Å². The van der Waals surface area contributed by atoms with Crippen molar-refractivity contribution in [3.05, 3.63) is 29.8 Å². The summed E-state index contributed by atoms with van der Waals surface area (Å²) in [6.45, 7) is 2.83. The number of likely N-dealkylation sites (tertiary alicyclic amines) is 1. The van der Waals surface area contributed by atoms with Crippen molar-refractivity contribution in [1.29, 1.82) is 0 Å². The Hall–Kier alpha value is -2.28. The van der Waals surface area contributed by atoms with E-state index in [0.29, 0.717) is 38.3 Å². The summed E-state index contributed by atoms with van der Waals surface area (Å²) < 4.78 is 5.51. The van der Waals surface area contributed by atoms with Gasteiger partial charge in [-0.25, -0.2) is 4.79 Å². The topological polar surface area (TPSA) is 96.7 Å². The van der Waals surface area contributed by atoms with Crippen LogP contribution in [0.15, 0.2) is 24.3 Å². The number of carbonyl (C=O) groups is 2. The first-order chi connectivity index (χ1) is 10.6. The van der Waals surface area contributed by atoms with Gasteiger partial charge in [0, 0.05) is 25.2 Å². The molecular weight excluding hydrogens is 284 g/mol. The SMILES string of the molecule is NCCCOc1ccc(C(=O)N2CC3(CNC(=O)N3)C2)cc1. The van der Waals surface area contributed by atoms with E-state index in [-0.39, 0.29) is 17.5 Å². The largest absolute Gasteiger partial charge is 0.494 e. The van der Waals surface area contributed by atoms with E-state index in [9.17, 15) is 9.59 Å². The molecule has 2 aliphatic heterocycles. The number of hydrogen-bond donors (Lipinski definition) is 3. The van der Waals surface area contributed by atoms with Gasteiger partial charge in [-0.2, -0.15) is 0 Å². The zero-order valence-electron chi connectivity index (χ0n) is 12.3. The number of nitrogens with zero attached hydrogens (tertiary/aromatic N) is 1. The first kappa shape index (κ1) is 14.6. The highest BCUT2D eigenvalue weighted by Gasteiger charge is 2.49. The lowest BCUT2D eigenvalue weighted by Gasteiger charge is -2.46. The van der Waals surface area contributed by atoms with E-state index in [1.807, 2.05) is 0 Å². The molecule has 1 spiro atoms. The van der Waals surface area contributed by atoms with Crippen LogP contribution in [-0.4, -0.2) is 55.2 Å². The average Bonchev–Trinajstić information content (AvgIpc) is 2.88. The summed E-state index contributed by atoms with van der Waals surface area (Å²) in [5, 5.41) is 5.60. The van der Waals surface area contributed by atoms with Gasteiger partial charge in [-0.05, 0) is 37.2 Å². The van der Waals surface area contributed by atoms with E-state index in [2.05, 4.69) is 10.6 Å². The molecule has 2 saturated heterocycles. The van der Waals surface area contributed by atoms with Gasteiger partial charge in [-0.15, -0.1) is 0 Å². The average molecular weight is 304 g/mol. The molecule has 4 N–H and O–H groups in total. The van der Waals surface area contributed by atoms with Crippen LogP contribution in [0.4, 0.5) is 4.79 Å². The van der Waals surface area contributed by atoms with E-state index >= 15 is 0 Å². The van der Waals surface area contributed by atoms with Crippen molar-refractivity contribution in [2.45, 2.75) is 12.0 Å². The van der Waals surface area contributed by atoms with Gasteiger partial charge in [0.15, 0.2) is 0 Å². The number of ether oxygens (including phenoxy) is 1. The molecule has 7 heteroatoms. The van der Waals surface area contributed by atoms with E-state index < -0.39 is 0 Å². The van der Waals surface area contributed by atoms with Crippen molar-refractivity contribution in [2.24, 2.45) is 5.73 Å². The lowest BCUT2D eigenvalue weighted by molar-refractivity contribution is 0.0397. The number of amides is 3. The minimum Gasteiger partial charge on any atom is -0.494 e. The molecule has 3 rings (SSSR count). The van der Waals surface area contributed by atoms with Crippen molar-refractivity contribution >= 4 is 11.9 Å². The molecule has 0 unspecified atom stereocenters. The Morgan fingerprint density at radius 3 is 2.64 bits per heavy atom. The van der Waals surface area contributed by atoms with Crippen LogP contribution in [0.3, 0.4) is 0 Å². The number of carbonyl (C=O) groups excluding carboxylic acids is 2. The second kappa shape index (κ2) is 5.84. The quantitative estimate of drug-likeness (QED) is 0.663. The maximum atomic E-state index is 12.4. The molecule has 2 heterocycles. The summed E-state index contributed by atoms with van der Waals surface area (Å²) >= 11 is 0. The summed E-state index contributed by atoms with van der Waals surface area (Å²) in [6.07, 6.45) is 0.802. The third kappa shape index (κ3) is 2.85. The minimum atomic E-state index is -0.280. The minimum absolute atomic E-state index is 0.0275. The lowest BCUT2D eigenvalue weighted by atomic mass is 9.90. The smallest absolute Gasteiger partial charge is 0.315 e. The number of benzene rings is 1. The molecule has 7 nitrogen and oxygen atoms in total. The summed E-state index contributed by atoms with van der Waals surface area (Å²) in [7, 11) is 0. The maximum absolute atomic E-state index is 12.4. The molecule has 118 valence electrons. The summed E-state index contributed by atoms with van der Waals surface area (Å²) in [6, 6.07) is 6.94. The van der Waals surface area contributed by atoms with Gasteiger partial charge in [-0.1, -0.05) is 0 Å². The van der Waals surface area contributed by atoms with Crippen LogP contribution in [0.1, 0.15) is 16.8 Å². The molecule has 0 aliphatic carbocycles. The highest BCUT2D eigenvalue weighted by Crippen LogP contribution is 2.25. The number of nitrogens with one attached hydrogen (secondary N) is 2. The normalized spacial score (nSPS) is 18.6. The fourth-order valence-electron chi connectivity index (χ4n) is 2.75. The van der Waals surface area contributed by atoms with Crippen LogP contribution < -0.4 is 21.1 Å². The monoisotopic (exact) mass is 304 g/mol. The number of nitrogens with two attached hydrogens (primary N) is 1. The van der Waals surface area contributed by atoms with Gasteiger partial charge in [-0.3, -0.25) is 4.79 Å². The van der Waals surface area contributed by atoms with Crippen molar-refractivity contribution < 1.29 is 14.3 Å². The first-order valence-electron chi connectivity index (χ1n) is 7.40. The van der Waals surface area contributed by atoms with Gasteiger partial charge in [0.25, 0.3) is 5.91 Å². The molecule has 1 aromatic carbocycles. The van der Waals surface area contributed by atoms with Gasteiger partial charge in [0.1, 0.15) is 5.75 Å². The molecule has 22 heavy (non-hydrogen) atoms. The van der Waals surface area contributed by atoms with Crippen LogP contribution in [0, 0.1) is 0 Å². The Morgan fingerprint density at radius 1 is 1.32 bits per heavy atom. The summed E-state index contributed by atoms with van der Waals surface area (Å²) in [5.41, 5.74) is 5.75. The summed E-state index contributed by atoms with van der Waals surface area (Å²) in [5.74, 6) is 0.706. The maximum Gasteiger partial charge on any atom is 0.315 e. The predicted molar refractivity (Wildman–Crippen MR) is 80.8 cm³/mol. The van der Waals surface area contributed by atoms with Gasteiger partial charge >= 0.3 is 6.03 Å². The van der Waals surface area contributed by atoms with Crippen LogP contribution in [0.2, 0.25) is 0 Å². The number of urea groups is 1. The Kier molecular flexibility index (Phi) is 3.89. The molecule has 1 aromatic rings. The molecule has 0 aromatic heterocycles. The van der Waals surface area contributed by atoms with Crippen LogP contribution >= 0.6 is 0 Å². The molecule has 0 atom stereocenters. The fourth-order valence-corrected chi connectivity index (χ4v) is 2.75. The molecule has 3 amide bonds. The molecule has 0 bridgehead atoms. The van der Waals surface area contributed by atoms with Crippen molar-refractivity contribution in [2.75, 3.05) is 32.8 Å². The fraction of sp³-hybridized carbons (Fsp3) is 0.467. The third-order valence-corrected chi connectivity index (χ3v) is 3.96. The lowest BCUT2D eigenvalue weighted by Crippen LogP contribution is -2.70. The highest BCUT2D eigenvalue weighted by atomic mass is 16.5. The second-order valence-electron chi connectivity index (χ2n) is 5.76. The van der Waals surface area contributed by atoms with Crippen molar-refractivity contribution in [3.63, 3.8) is 0 Å². The van der Waals surface area contributed by atoms with E-state index in [1.165, 1.54) is 0 Å². The van der Waals surface area contributed by atoms with E-state index in [1.54, 1.807) is 29.2 Å². The molecule has 2 fully saturated rings. The number of hydrogen-bond acceptors (Lipinski definition) is 4. The highest BCUT2D eigenvalue weighted by molar-refractivity contribution is 5.95. The second-order valence-corrected chi connectivity index (χ2v) is 5.76. The van der Waals surface area contributed by atoms with Crippen LogP contribution in [0.5, 0.6) is 5.75 Å². The third-order valence-electron chi connectivity index (χ3n) is 3.96. The Morgan fingerprint density at radius 2 is 2.05 bits per heavy atom. The van der Waals surface area contributed by atoms with Crippen LogP contribution in [0.25, 0.3) is 0 Å². The Balaban J connectivity index is 1.54. The number of rotatable bonds is 5. The van der Waals surface area contributed by atoms with Gasteiger partial charge in [0.2, 0.25) is 0 Å². The van der Waals surface area contributed by atoms with Crippen molar-refractivity contribution in [1.82, 2.24) is 15.5 Å². The zero-order chi connectivity index (χ0) is 15.6. The standard InChI is InChI=1S/C15H20N4O3/c16-6-1-7-22-12-4-2-11(3-5-12)13(20)19-9-15(10-19)8-17-14(21)18-15/h2-5H,1,6-10,16H2,(H2,17,18,21). The van der Waals surface area contributed by atoms with Gasteiger partial charge < -0.3 is 26.0 Å². The Labute approximate surface area is 128 Å². The summed E-state index contributed by atoms with van der Waals surface area (Å²) in [4.78, 5) is 25.3. The van der Waals surface area contributed by atoms with Crippen molar-refractivity contribution in [3.8, 4) is 5.75 Å². The predicted octanol–water partition coefficient (Wildman–Crippen LogP) is -0.0784. The van der Waals surface area contributed by atoms with E-state index in [0.717, 1.165) is 12.2 Å².